The van der Waals surface area contributed by atoms with Crippen molar-refractivity contribution in [3.8, 4) is 0 Å². The van der Waals surface area contributed by atoms with Gasteiger partial charge in [-0.3, -0.25) is 14.4 Å². The molecule has 0 aliphatic carbocycles. The van der Waals surface area contributed by atoms with E-state index < -0.39 is 6.10 Å². The van der Waals surface area contributed by atoms with Gasteiger partial charge in [0.05, 0.1) is 0 Å². The van der Waals surface area contributed by atoms with Crippen LogP contribution in [0, 0.1) is 11.8 Å². The molecular weight excluding hydrogens is 673 g/mol. The summed E-state index contributed by atoms with van der Waals surface area (Å²) in [5, 5.41) is 0. The maximum atomic E-state index is 12.7. The molecule has 0 heterocycles. The van der Waals surface area contributed by atoms with Crippen LogP contribution in [0.15, 0.2) is 0 Å². The molecule has 1 unspecified atom stereocenters. The molecule has 0 aliphatic heterocycles. The van der Waals surface area contributed by atoms with Gasteiger partial charge in [-0.1, -0.05) is 221 Å². The Morgan fingerprint density at radius 1 is 0.389 bits per heavy atom. The molecule has 0 fully saturated rings. The van der Waals surface area contributed by atoms with Gasteiger partial charge < -0.3 is 14.2 Å². The van der Waals surface area contributed by atoms with Crippen LogP contribution in [0.4, 0.5) is 0 Å². The van der Waals surface area contributed by atoms with E-state index in [1.54, 1.807) is 0 Å². The monoisotopic (exact) mass is 765 g/mol. The summed E-state index contributed by atoms with van der Waals surface area (Å²) in [6.45, 7) is 11.3. The number of hydrogen-bond acceptors (Lipinski definition) is 6. The molecule has 0 aliphatic rings. The van der Waals surface area contributed by atoms with Crippen molar-refractivity contribution in [3.63, 3.8) is 0 Å². The highest BCUT2D eigenvalue weighted by Gasteiger charge is 2.19. The minimum atomic E-state index is -0.760. The first kappa shape index (κ1) is 52.4. The van der Waals surface area contributed by atoms with Crippen LogP contribution in [0.3, 0.4) is 0 Å². The highest BCUT2D eigenvalue weighted by Crippen LogP contribution is 2.17. The topological polar surface area (TPSA) is 78.9 Å². The van der Waals surface area contributed by atoms with Crippen LogP contribution in [-0.4, -0.2) is 37.2 Å². The smallest absolute Gasteiger partial charge is 0.306 e. The molecule has 0 saturated carbocycles. The number of ether oxygens (including phenoxy) is 3. The Kier molecular flexibility index (Phi) is 39.8. The summed E-state index contributed by atoms with van der Waals surface area (Å²) >= 11 is 0. The summed E-state index contributed by atoms with van der Waals surface area (Å²) in [6, 6.07) is 0. The van der Waals surface area contributed by atoms with Crippen molar-refractivity contribution in [1.82, 2.24) is 0 Å². The van der Waals surface area contributed by atoms with E-state index in [4.69, 9.17) is 14.2 Å². The van der Waals surface area contributed by atoms with Gasteiger partial charge in [0.2, 0.25) is 0 Å². The second-order valence-corrected chi connectivity index (χ2v) is 17.1. The number of hydrogen-bond donors (Lipinski definition) is 0. The summed E-state index contributed by atoms with van der Waals surface area (Å²) in [5.74, 6) is 0.803. The number of carbonyl (C=O) groups is 3. The molecule has 6 nitrogen and oxygen atoms in total. The highest BCUT2D eigenvalue weighted by atomic mass is 16.6. The minimum absolute atomic E-state index is 0.0659. The molecule has 2 atom stereocenters. The van der Waals surface area contributed by atoms with Crippen molar-refractivity contribution in [3.05, 3.63) is 0 Å². The lowest BCUT2D eigenvalue weighted by atomic mass is 10.00. The summed E-state index contributed by atoms with van der Waals surface area (Å²) in [6.07, 6.45) is 39.6. The first-order valence-electron chi connectivity index (χ1n) is 23.8. The Morgan fingerprint density at radius 3 is 1.06 bits per heavy atom. The van der Waals surface area contributed by atoms with E-state index in [2.05, 4.69) is 34.6 Å². The van der Waals surface area contributed by atoms with Crippen molar-refractivity contribution in [2.45, 2.75) is 265 Å². The molecule has 0 N–H and O–H groups in total. The lowest BCUT2D eigenvalue weighted by molar-refractivity contribution is -0.167. The van der Waals surface area contributed by atoms with Crippen LogP contribution in [0.1, 0.15) is 259 Å². The maximum Gasteiger partial charge on any atom is 0.306 e. The molecular formula is C48H92O6. The standard InChI is InChI=1S/C48H92O6/c1-6-8-9-10-21-28-33-38-46(49)52-41-45(42-53-47(50)39-34-29-25-24-27-32-37-44(5)7-2)54-48(51)40-35-30-23-20-18-16-14-12-11-13-15-17-19-22-26-31-36-43(3)4/h43-45H,6-42H2,1-5H3/t44?,45-/m1/s1. The zero-order chi connectivity index (χ0) is 39.7. The molecule has 0 aromatic carbocycles. The molecule has 6 heteroatoms. The fourth-order valence-electron chi connectivity index (χ4n) is 7.07. The third-order valence-electron chi connectivity index (χ3n) is 11.1. The average molecular weight is 765 g/mol. The minimum Gasteiger partial charge on any atom is -0.462 e. The normalized spacial score (nSPS) is 12.6. The number of unbranched alkanes of at least 4 members (excludes halogenated alkanes) is 26. The van der Waals surface area contributed by atoms with Crippen LogP contribution in [0.5, 0.6) is 0 Å². The molecule has 54 heavy (non-hydrogen) atoms. The fraction of sp³-hybridized carbons (Fsp3) is 0.938. The maximum absolute atomic E-state index is 12.7. The Bertz CT molecular complexity index is 826. The van der Waals surface area contributed by atoms with E-state index in [0.29, 0.717) is 19.3 Å². The SMILES string of the molecule is CCCCCCCCCC(=O)OC[C@H](COC(=O)CCCCCCCCC(C)CC)OC(=O)CCCCCCCCCCCCCCCCCCC(C)C. The second kappa shape index (κ2) is 41.1. The molecule has 0 radical (unpaired) electrons. The van der Waals surface area contributed by atoms with Gasteiger partial charge in [-0.2, -0.15) is 0 Å². The van der Waals surface area contributed by atoms with Gasteiger partial charge in [-0.15, -0.1) is 0 Å². The molecule has 320 valence electrons. The first-order valence-corrected chi connectivity index (χ1v) is 23.8. The zero-order valence-electron chi connectivity index (χ0n) is 36.8. The van der Waals surface area contributed by atoms with E-state index in [-0.39, 0.29) is 31.1 Å². The van der Waals surface area contributed by atoms with Gasteiger partial charge in [-0.05, 0) is 31.1 Å². The van der Waals surface area contributed by atoms with Crippen LogP contribution < -0.4 is 0 Å². The zero-order valence-corrected chi connectivity index (χ0v) is 36.8. The molecule has 0 saturated heterocycles. The summed E-state index contributed by atoms with van der Waals surface area (Å²) < 4.78 is 16.7. The summed E-state index contributed by atoms with van der Waals surface area (Å²) in [7, 11) is 0. The van der Waals surface area contributed by atoms with Crippen molar-refractivity contribution in [1.29, 1.82) is 0 Å². The Morgan fingerprint density at radius 2 is 0.704 bits per heavy atom. The van der Waals surface area contributed by atoms with Crippen molar-refractivity contribution < 1.29 is 28.6 Å². The predicted molar refractivity (Wildman–Crippen MR) is 229 cm³/mol. The number of carbonyl (C=O) groups excluding carboxylic acids is 3. The lowest BCUT2D eigenvalue weighted by Gasteiger charge is -2.18. The first-order chi connectivity index (χ1) is 26.3. The van der Waals surface area contributed by atoms with Crippen LogP contribution in [-0.2, 0) is 28.6 Å². The van der Waals surface area contributed by atoms with E-state index in [9.17, 15) is 14.4 Å². The van der Waals surface area contributed by atoms with Crippen LogP contribution in [0.2, 0.25) is 0 Å². The Labute approximate surface area is 336 Å². The van der Waals surface area contributed by atoms with Crippen molar-refractivity contribution in [2.75, 3.05) is 13.2 Å². The molecule has 0 amide bonds. The predicted octanol–water partition coefficient (Wildman–Crippen LogP) is 15.0. The molecule has 0 bridgehead atoms. The van der Waals surface area contributed by atoms with E-state index >= 15 is 0 Å². The largest absolute Gasteiger partial charge is 0.462 e. The van der Waals surface area contributed by atoms with Gasteiger partial charge in [0.1, 0.15) is 13.2 Å². The van der Waals surface area contributed by atoms with E-state index in [0.717, 1.165) is 69.6 Å². The second-order valence-electron chi connectivity index (χ2n) is 17.1. The number of rotatable bonds is 42. The van der Waals surface area contributed by atoms with Crippen molar-refractivity contribution >= 4 is 17.9 Å². The van der Waals surface area contributed by atoms with Gasteiger partial charge >= 0.3 is 17.9 Å². The van der Waals surface area contributed by atoms with Gasteiger partial charge in [0, 0.05) is 19.3 Å². The quantitative estimate of drug-likeness (QED) is 0.0350. The molecule has 0 aromatic rings. The summed E-state index contributed by atoms with van der Waals surface area (Å²) in [4.78, 5) is 37.6. The van der Waals surface area contributed by atoms with Gasteiger partial charge in [0.15, 0.2) is 6.10 Å². The summed E-state index contributed by atoms with van der Waals surface area (Å²) in [5.41, 5.74) is 0. The average Bonchev–Trinajstić information content (AvgIpc) is 3.15. The van der Waals surface area contributed by atoms with Crippen molar-refractivity contribution in [2.24, 2.45) is 11.8 Å². The van der Waals surface area contributed by atoms with Crippen LogP contribution in [0.25, 0.3) is 0 Å². The third kappa shape index (κ3) is 40.1. The Hall–Kier alpha value is -1.59. The Balaban J connectivity index is 4.19. The molecule has 0 rings (SSSR count). The van der Waals surface area contributed by atoms with Gasteiger partial charge in [-0.25, -0.2) is 0 Å². The third-order valence-corrected chi connectivity index (χ3v) is 11.1. The highest BCUT2D eigenvalue weighted by molar-refractivity contribution is 5.71. The lowest BCUT2D eigenvalue weighted by Crippen LogP contribution is -2.30. The van der Waals surface area contributed by atoms with Crippen LogP contribution >= 0.6 is 0 Å². The molecule has 0 spiro atoms. The fourth-order valence-corrected chi connectivity index (χ4v) is 7.07. The molecule has 0 aromatic heterocycles. The van der Waals surface area contributed by atoms with Gasteiger partial charge in [0.25, 0.3) is 0 Å². The van der Waals surface area contributed by atoms with E-state index in [1.165, 1.54) is 148 Å². The van der Waals surface area contributed by atoms with E-state index in [1.807, 2.05) is 0 Å². The number of esters is 3.